The molecule has 0 saturated heterocycles. The first-order valence-corrected chi connectivity index (χ1v) is 9.17. The zero-order valence-corrected chi connectivity index (χ0v) is 15.4. The lowest BCUT2D eigenvalue weighted by Gasteiger charge is -2.21. The Kier molecular flexibility index (Phi) is 5.57. The van der Waals surface area contributed by atoms with Gasteiger partial charge in [0.05, 0.1) is 6.04 Å². The number of aromatic nitrogens is 1. The van der Waals surface area contributed by atoms with Crippen molar-refractivity contribution < 1.29 is 9.90 Å². The maximum Gasteiger partial charge on any atom is 0.328 e. The molecule has 0 aliphatic heterocycles. The number of aliphatic carboxylic acids is 1. The molecule has 3 rings (SSSR count). The van der Waals surface area contributed by atoms with Crippen molar-refractivity contribution >= 4 is 22.4 Å². The molecule has 3 heteroatoms. The van der Waals surface area contributed by atoms with Crippen molar-refractivity contribution in [2.75, 3.05) is 0 Å². The molecule has 2 aromatic carbocycles. The summed E-state index contributed by atoms with van der Waals surface area (Å²) in [6.07, 6.45) is 6.86. The Labute approximate surface area is 154 Å². The van der Waals surface area contributed by atoms with E-state index < -0.39 is 5.97 Å². The van der Waals surface area contributed by atoms with Crippen molar-refractivity contribution in [2.24, 2.45) is 0 Å². The summed E-state index contributed by atoms with van der Waals surface area (Å²) in [7, 11) is 0. The number of carbonyl (C=O) groups is 1. The molecule has 0 aliphatic carbocycles. The third kappa shape index (κ3) is 3.88. The first-order valence-electron chi connectivity index (χ1n) is 9.17. The van der Waals surface area contributed by atoms with Gasteiger partial charge in [0.1, 0.15) is 0 Å². The second kappa shape index (κ2) is 8.05. The molecule has 134 valence electrons. The number of allylic oxidation sites excluding steroid dienone is 1. The largest absolute Gasteiger partial charge is 0.478 e. The highest BCUT2D eigenvalue weighted by Crippen LogP contribution is 2.30. The lowest BCUT2D eigenvalue weighted by atomic mass is 10.0. The van der Waals surface area contributed by atoms with Gasteiger partial charge in [0.25, 0.3) is 0 Å². The number of carboxylic acid groups (broad SMARTS) is 1. The topological polar surface area (TPSA) is 42.2 Å². The second-order valence-corrected chi connectivity index (χ2v) is 6.73. The fraction of sp³-hybridized carbons (Fsp3) is 0.261. The van der Waals surface area contributed by atoms with E-state index in [0.717, 1.165) is 22.9 Å². The number of carboxylic acids is 1. The van der Waals surface area contributed by atoms with E-state index >= 15 is 0 Å². The van der Waals surface area contributed by atoms with Crippen LogP contribution in [0.2, 0.25) is 0 Å². The summed E-state index contributed by atoms with van der Waals surface area (Å²) in [5, 5.41) is 10.1. The third-order valence-electron chi connectivity index (χ3n) is 4.87. The highest BCUT2D eigenvalue weighted by molar-refractivity contribution is 5.92. The molecule has 0 saturated carbocycles. The van der Waals surface area contributed by atoms with Crippen LogP contribution in [0.15, 0.2) is 66.9 Å². The van der Waals surface area contributed by atoms with Crippen LogP contribution >= 0.6 is 0 Å². The molecule has 1 atom stereocenters. The van der Waals surface area contributed by atoms with E-state index in [2.05, 4.69) is 66.2 Å². The molecule has 3 nitrogen and oxygen atoms in total. The van der Waals surface area contributed by atoms with Gasteiger partial charge in [-0.15, -0.1) is 0 Å². The minimum atomic E-state index is -0.913. The van der Waals surface area contributed by atoms with Crippen LogP contribution in [0, 0.1) is 0 Å². The molecule has 0 spiro atoms. The number of rotatable bonds is 7. The van der Waals surface area contributed by atoms with Crippen LogP contribution in [-0.2, 0) is 4.79 Å². The Bertz CT molecular complexity index is 922. The molecular weight excluding hydrogens is 322 g/mol. The van der Waals surface area contributed by atoms with Crippen LogP contribution in [0.3, 0.4) is 0 Å². The first kappa shape index (κ1) is 18.0. The first-order chi connectivity index (χ1) is 12.6. The van der Waals surface area contributed by atoms with Crippen molar-refractivity contribution in [1.82, 2.24) is 4.57 Å². The predicted molar refractivity (Wildman–Crippen MR) is 107 cm³/mol. The molecule has 0 fully saturated rings. The molecule has 0 radical (unpaired) electrons. The van der Waals surface area contributed by atoms with Crippen LogP contribution in [0.25, 0.3) is 16.5 Å². The van der Waals surface area contributed by atoms with Gasteiger partial charge in [0, 0.05) is 23.2 Å². The van der Waals surface area contributed by atoms with Crippen molar-refractivity contribution in [3.63, 3.8) is 0 Å². The van der Waals surface area contributed by atoms with E-state index in [9.17, 15) is 4.79 Å². The molecule has 1 N–H and O–H groups in total. The highest BCUT2D eigenvalue weighted by Gasteiger charge is 2.15. The van der Waals surface area contributed by atoms with Gasteiger partial charge in [-0.2, -0.15) is 0 Å². The molecular formula is C23H25NO2. The molecule has 0 aliphatic rings. The Morgan fingerprint density at radius 1 is 1.15 bits per heavy atom. The number of hydrogen-bond acceptors (Lipinski definition) is 1. The fourth-order valence-electron chi connectivity index (χ4n) is 3.49. The summed E-state index contributed by atoms with van der Waals surface area (Å²) in [4.78, 5) is 10.9. The van der Waals surface area contributed by atoms with Crippen LogP contribution in [0.1, 0.15) is 50.3 Å². The average Bonchev–Trinajstić information content (AvgIpc) is 3.05. The van der Waals surface area contributed by atoms with Gasteiger partial charge in [-0.3, -0.25) is 0 Å². The van der Waals surface area contributed by atoms with Gasteiger partial charge in [0.2, 0.25) is 0 Å². The summed E-state index contributed by atoms with van der Waals surface area (Å²) in [5.74, 6) is -0.913. The Hall–Kier alpha value is -2.81. The van der Waals surface area contributed by atoms with Gasteiger partial charge >= 0.3 is 5.97 Å². The van der Waals surface area contributed by atoms with Crippen molar-refractivity contribution in [3.8, 4) is 0 Å². The van der Waals surface area contributed by atoms with E-state index in [1.165, 1.54) is 30.0 Å². The molecule has 0 amide bonds. The Morgan fingerprint density at radius 3 is 2.62 bits per heavy atom. The SMILES string of the molecule is CCCCC(c1ccccc1)n1ccc2cc(C(C)=CC(=O)O)ccc21. The normalized spacial score (nSPS) is 13.1. The standard InChI is InChI=1S/C23H25NO2/c1-3-4-10-21(18-8-6-5-7-9-18)24-14-13-20-16-19(11-12-22(20)24)17(2)15-23(25)26/h5-9,11-16,21H,3-4,10H2,1-2H3,(H,25,26). The van der Waals surface area contributed by atoms with E-state index in [1.54, 1.807) is 0 Å². The van der Waals surface area contributed by atoms with E-state index in [-0.39, 0.29) is 0 Å². The highest BCUT2D eigenvalue weighted by atomic mass is 16.4. The lowest BCUT2D eigenvalue weighted by molar-refractivity contribution is -0.131. The van der Waals surface area contributed by atoms with Gasteiger partial charge in [-0.05, 0) is 48.2 Å². The predicted octanol–water partition coefficient (Wildman–Crippen LogP) is 5.91. The van der Waals surface area contributed by atoms with Crippen molar-refractivity contribution in [1.29, 1.82) is 0 Å². The van der Waals surface area contributed by atoms with Crippen LogP contribution in [0.4, 0.5) is 0 Å². The van der Waals surface area contributed by atoms with E-state index in [0.29, 0.717) is 6.04 Å². The number of hydrogen-bond donors (Lipinski definition) is 1. The molecule has 26 heavy (non-hydrogen) atoms. The quantitative estimate of drug-likeness (QED) is 0.540. The van der Waals surface area contributed by atoms with Crippen molar-refractivity contribution in [3.05, 3.63) is 78.0 Å². The smallest absolute Gasteiger partial charge is 0.328 e. The third-order valence-corrected chi connectivity index (χ3v) is 4.87. The Balaban J connectivity index is 2.02. The van der Waals surface area contributed by atoms with Crippen molar-refractivity contribution in [2.45, 2.75) is 39.2 Å². The average molecular weight is 347 g/mol. The summed E-state index contributed by atoms with van der Waals surface area (Å²) < 4.78 is 2.35. The van der Waals surface area contributed by atoms with Crippen LogP contribution < -0.4 is 0 Å². The zero-order valence-electron chi connectivity index (χ0n) is 15.4. The molecule has 1 unspecified atom stereocenters. The van der Waals surface area contributed by atoms with Gasteiger partial charge in [-0.25, -0.2) is 4.79 Å². The summed E-state index contributed by atoms with van der Waals surface area (Å²) in [6.45, 7) is 4.06. The maximum atomic E-state index is 10.9. The molecule has 0 bridgehead atoms. The van der Waals surface area contributed by atoms with Gasteiger partial charge < -0.3 is 9.67 Å². The number of benzene rings is 2. The Morgan fingerprint density at radius 2 is 1.92 bits per heavy atom. The molecule has 1 aromatic heterocycles. The summed E-state index contributed by atoms with van der Waals surface area (Å²) in [6, 6.07) is 19.3. The maximum absolute atomic E-state index is 10.9. The number of unbranched alkanes of at least 4 members (excludes halogenated alkanes) is 1. The fourth-order valence-corrected chi connectivity index (χ4v) is 3.49. The lowest BCUT2D eigenvalue weighted by Crippen LogP contribution is -2.09. The molecule has 1 heterocycles. The van der Waals surface area contributed by atoms with Gasteiger partial charge in [0.15, 0.2) is 0 Å². The van der Waals surface area contributed by atoms with Gasteiger partial charge in [-0.1, -0.05) is 56.2 Å². The zero-order chi connectivity index (χ0) is 18.5. The van der Waals surface area contributed by atoms with E-state index in [4.69, 9.17) is 5.11 Å². The minimum Gasteiger partial charge on any atom is -0.478 e. The number of nitrogens with zero attached hydrogens (tertiary/aromatic N) is 1. The second-order valence-electron chi connectivity index (χ2n) is 6.73. The number of fused-ring (bicyclic) bond motifs is 1. The minimum absolute atomic E-state index is 0.315. The van der Waals surface area contributed by atoms with Crippen LogP contribution in [0.5, 0.6) is 0 Å². The molecule has 3 aromatic rings. The monoisotopic (exact) mass is 347 g/mol. The van der Waals surface area contributed by atoms with E-state index in [1.807, 2.05) is 13.0 Å². The summed E-state index contributed by atoms with van der Waals surface area (Å²) in [5.41, 5.74) is 4.21. The summed E-state index contributed by atoms with van der Waals surface area (Å²) >= 11 is 0. The van der Waals surface area contributed by atoms with Crippen LogP contribution in [-0.4, -0.2) is 15.6 Å².